The first-order chi connectivity index (χ1) is 6.15. The van der Waals surface area contributed by atoms with Crippen molar-refractivity contribution in [1.29, 1.82) is 0 Å². The maximum atomic E-state index is 10.5. The number of nitrogens with zero attached hydrogens (tertiary/aromatic N) is 1. The van der Waals surface area contributed by atoms with Gasteiger partial charge in [-0.3, -0.25) is 10.1 Å². The van der Waals surface area contributed by atoms with Crippen LogP contribution in [0.3, 0.4) is 0 Å². The van der Waals surface area contributed by atoms with Crippen LogP contribution in [0.5, 0.6) is 0 Å². The van der Waals surface area contributed by atoms with Crippen molar-refractivity contribution in [3.05, 3.63) is 21.6 Å². The van der Waals surface area contributed by atoms with Gasteiger partial charge in [0.25, 0.3) is 0 Å². The largest absolute Gasteiger partial charge is 0.394 e. The second-order valence-corrected chi connectivity index (χ2v) is 3.54. The Morgan fingerprint density at radius 1 is 1.85 bits per heavy atom. The number of thiophene rings is 1. The minimum Gasteiger partial charge on any atom is -0.394 e. The number of rotatable bonds is 4. The lowest BCUT2D eigenvalue weighted by Gasteiger charge is -2.08. The molecule has 0 fully saturated rings. The first-order valence-electron chi connectivity index (χ1n) is 3.74. The number of hydrogen-bond acceptors (Lipinski definition) is 5. The van der Waals surface area contributed by atoms with Gasteiger partial charge in [0, 0.05) is 12.1 Å². The zero-order valence-corrected chi connectivity index (χ0v) is 7.87. The van der Waals surface area contributed by atoms with Crippen molar-refractivity contribution in [3.8, 4) is 0 Å². The topological polar surface area (TPSA) is 75.4 Å². The molecule has 0 aromatic carbocycles. The lowest BCUT2D eigenvalue weighted by Crippen LogP contribution is -2.18. The summed E-state index contributed by atoms with van der Waals surface area (Å²) in [6.45, 7) is 1.71. The average Bonchev–Trinajstić information content (AvgIpc) is 2.52. The van der Waals surface area contributed by atoms with Crippen LogP contribution in [-0.2, 0) is 0 Å². The SMILES string of the molecule is CC(CO)Nc1sccc1[N+](=O)[O-]. The molecule has 0 amide bonds. The molecule has 0 saturated heterocycles. The summed E-state index contributed by atoms with van der Waals surface area (Å²) in [5.74, 6) is 0. The summed E-state index contributed by atoms with van der Waals surface area (Å²) in [7, 11) is 0. The third-order valence-electron chi connectivity index (χ3n) is 1.49. The van der Waals surface area contributed by atoms with Crippen molar-refractivity contribution in [2.45, 2.75) is 13.0 Å². The van der Waals surface area contributed by atoms with E-state index in [4.69, 9.17) is 5.11 Å². The van der Waals surface area contributed by atoms with Gasteiger partial charge in [-0.15, -0.1) is 11.3 Å². The van der Waals surface area contributed by atoms with E-state index in [2.05, 4.69) is 5.32 Å². The van der Waals surface area contributed by atoms with E-state index in [0.717, 1.165) is 0 Å². The van der Waals surface area contributed by atoms with Crippen LogP contribution >= 0.6 is 11.3 Å². The number of aliphatic hydroxyl groups excluding tert-OH is 1. The molecule has 1 rings (SSSR count). The predicted molar refractivity (Wildman–Crippen MR) is 51.1 cm³/mol. The predicted octanol–water partition coefficient (Wildman–Crippen LogP) is 1.45. The van der Waals surface area contributed by atoms with Gasteiger partial charge in [-0.05, 0) is 12.3 Å². The van der Waals surface area contributed by atoms with Crippen LogP contribution in [-0.4, -0.2) is 22.7 Å². The minimum absolute atomic E-state index is 0.0466. The molecule has 0 aliphatic heterocycles. The van der Waals surface area contributed by atoms with Crippen LogP contribution in [0.15, 0.2) is 11.4 Å². The van der Waals surface area contributed by atoms with Gasteiger partial charge in [0.2, 0.25) is 0 Å². The van der Waals surface area contributed by atoms with E-state index in [1.165, 1.54) is 17.4 Å². The summed E-state index contributed by atoms with van der Waals surface area (Å²) >= 11 is 1.26. The second-order valence-electron chi connectivity index (χ2n) is 2.62. The molecule has 13 heavy (non-hydrogen) atoms. The van der Waals surface area contributed by atoms with Gasteiger partial charge in [0.15, 0.2) is 5.00 Å². The summed E-state index contributed by atoms with van der Waals surface area (Å²) in [6.07, 6.45) is 0. The standard InChI is InChI=1S/C7H10N2O3S/c1-5(4-10)8-7-6(9(11)12)2-3-13-7/h2-3,5,8,10H,4H2,1H3. The van der Waals surface area contributed by atoms with Crippen LogP contribution < -0.4 is 5.32 Å². The van der Waals surface area contributed by atoms with Gasteiger partial charge in [-0.1, -0.05) is 0 Å². The minimum atomic E-state index is -0.442. The molecular formula is C7H10N2O3S. The Bertz CT molecular complexity index is 300. The Labute approximate surface area is 79.2 Å². The van der Waals surface area contributed by atoms with Crippen molar-refractivity contribution < 1.29 is 10.0 Å². The van der Waals surface area contributed by atoms with Crippen LogP contribution in [0, 0.1) is 10.1 Å². The van der Waals surface area contributed by atoms with Crippen LogP contribution in [0.2, 0.25) is 0 Å². The summed E-state index contributed by atoms with van der Waals surface area (Å²) in [4.78, 5) is 10.0. The van der Waals surface area contributed by atoms with E-state index in [9.17, 15) is 10.1 Å². The molecular weight excluding hydrogens is 192 g/mol. The van der Waals surface area contributed by atoms with Gasteiger partial charge in [-0.25, -0.2) is 0 Å². The molecule has 6 heteroatoms. The fourth-order valence-corrected chi connectivity index (χ4v) is 1.69. The number of nitrogens with one attached hydrogen (secondary N) is 1. The van der Waals surface area contributed by atoms with E-state index < -0.39 is 4.92 Å². The lowest BCUT2D eigenvalue weighted by atomic mass is 10.3. The number of aliphatic hydroxyl groups is 1. The Morgan fingerprint density at radius 3 is 3.08 bits per heavy atom. The van der Waals surface area contributed by atoms with Crippen LogP contribution in [0.1, 0.15) is 6.92 Å². The van der Waals surface area contributed by atoms with Gasteiger partial charge in [0.1, 0.15) is 0 Å². The molecule has 5 nitrogen and oxygen atoms in total. The third-order valence-corrected chi connectivity index (χ3v) is 2.33. The van der Waals surface area contributed by atoms with Crippen molar-refractivity contribution in [3.63, 3.8) is 0 Å². The Balaban J connectivity index is 2.76. The van der Waals surface area contributed by atoms with Crippen LogP contribution in [0.4, 0.5) is 10.7 Å². The highest BCUT2D eigenvalue weighted by atomic mass is 32.1. The van der Waals surface area contributed by atoms with E-state index in [1.807, 2.05) is 0 Å². The van der Waals surface area contributed by atoms with Crippen molar-refractivity contribution in [2.75, 3.05) is 11.9 Å². The number of hydrogen-bond donors (Lipinski definition) is 2. The third kappa shape index (κ3) is 2.40. The highest BCUT2D eigenvalue weighted by molar-refractivity contribution is 7.14. The van der Waals surface area contributed by atoms with E-state index in [0.29, 0.717) is 5.00 Å². The van der Waals surface area contributed by atoms with Gasteiger partial charge in [0.05, 0.1) is 11.5 Å². The molecule has 1 unspecified atom stereocenters. The molecule has 0 saturated carbocycles. The van der Waals surface area contributed by atoms with E-state index in [-0.39, 0.29) is 18.3 Å². The molecule has 1 aromatic heterocycles. The smallest absolute Gasteiger partial charge is 0.303 e. The molecule has 2 N–H and O–H groups in total. The molecule has 0 radical (unpaired) electrons. The average molecular weight is 202 g/mol. The van der Waals surface area contributed by atoms with Crippen molar-refractivity contribution >= 4 is 22.0 Å². The first-order valence-corrected chi connectivity index (χ1v) is 4.62. The van der Waals surface area contributed by atoms with Gasteiger partial charge < -0.3 is 10.4 Å². The Hall–Kier alpha value is -1.14. The quantitative estimate of drug-likeness (QED) is 0.572. The molecule has 72 valence electrons. The summed E-state index contributed by atoms with van der Waals surface area (Å²) < 4.78 is 0. The van der Waals surface area contributed by atoms with Crippen molar-refractivity contribution in [1.82, 2.24) is 0 Å². The second kappa shape index (κ2) is 4.20. The normalized spacial score (nSPS) is 12.5. The molecule has 0 spiro atoms. The summed E-state index contributed by atoms with van der Waals surface area (Å²) in [6, 6.07) is 1.27. The highest BCUT2D eigenvalue weighted by Crippen LogP contribution is 2.30. The van der Waals surface area contributed by atoms with Gasteiger partial charge >= 0.3 is 5.69 Å². The maximum Gasteiger partial charge on any atom is 0.303 e. The number of anilines is 1. The fourth-order valence-electron chi connectivity index (χ4n) is 0.824. The zero-order valence-electron chi connectivity index (χ0n) is 7.06. The van der Waals surface area contributed by atoms with Crippen LogP contribution in [0.25, 0.3) is 0 Å². The Kier molecular flexibility index (Phi) is 3.21. The van der Waals surface area contributed by atoms with Gasteiger partial charge in [-0.2, -0.15) is 0 Å². The Morgan fingerprint density at radius 2 is 2.54 bits per heavy atom. The molecule has 0 bridgehead atoms. The van der Waals surface area contributed by atoms with E-state index in [1.54, 1.807) is 12.3 Å². The van der Waals surface area contributed by atoms with Crippen molar-refractivity contribution in [2.24, 2.45) is 0 Å². The molecule has 1 heterocycles. The maximum absolute atomic E-state index is 10.5. The summed E-state index contributed by atoms with van der Waals surface area (Å²) in [5, 5.41) is 24.2. The molecule has 0 aliphatic carbocycles. The lowest BCUT2D eigenvalue weighted by molar-refractivity contribution is -0.383. The molecule has 1 atom stereocenters. The molecule has 1 aromatic rings. The zero-order chi connectivity index (χ0) is 9.84. The highest BCUT2D eigenvalue weighted by Gasteiger charge is 2.15. The summed E-state index contributed by atoms with van der Waals surface area (Å²) in [5.41, 5.74) is 0.0605. The first kappa shape index (κ1) is 9.94. The molecule has 0 aliphatic rings. The van der Waals surface area contributed by atoms with E-state index >= 15 is 0 Å². The fraction of sp³-hybridized carbons (Fsp3) is 0.429. The monoisotopic (exact) mass is 202 g/mol. The number of nitro groups is 1.